The Balaban J connectivity index is 2.09. The number of halogens is 5. The normalized spacial score (nSPS) is 11.1. The van der Waals surface area contributed by atoms with Gasteiger partial charge < -0.3 is 5.32 Å². The lowest BCUT2D eigenvalue weighted by Gasteiger charge is -2.14. The summed E-state index contributed by atoms with van der Waals surface area (Å²) < 4.78 is 55.6. The standard InChI is InChI=1S/C18H12ClF4N3O/c1-26-8-11(16(25-26)17(22)23)18(27)24-15-10(9-5-3-2-4-6-9)7-12(19)13(20)14(15)21/h2-8,17H,1H3,(H,24,27). The highest BCUT2D eigenvalue weighted by atomic mass is 35.5. The van der Waals surface area contributed by atoms with Crippen molar-refractivity contribution in [2.24, 2.45) is 7.05 Å². The number of aromatic nitrogens is 2. The van der Waals surface area contributed by atoms with Gasteiger partial charge >= 0.3 is 0 Å². The van der Waals surface area contributed by atoms with Crippen LogP contribution in [0.25, 0.3) is 11.1 Å². The maximum absolute atomic E-state index is 14.5. The Morgan fingerprint density at radius 2 is 1.85 bits per heavy atom. The molecule has 4 nitrogen and oxygen atoms in total. The number of aryl methyl sites for hydroxylation is 1. The lowest BCUT2D eigenvalue weighted by molar-refractivity contribution is 0.101. The molecule has 1 heterocycles. The van der Waals surface area contributed by atoms with Crippen LogP contribution in [-0.2, 0) is 7.05 Å². The van der Waals surface area contributed by atoms with E-state index in [2.05, 4.69) is 10.4 Å². The summed E-state index contributed by atoms with van der Waals surface area (Å²) in [5.74, 6) is -3.79. The monoisotopic (exact) mass is 397 g/mol. The first-order valence-corrected chi connectivity index (χ1v) is 8.03. The number of benzene rings is 2. The lowest BCUT2D eigenvalue weighted by atomic mass is 10.0. The molecule has 0 bridgehead atoms. The second-order valence-corrected chi connectivity index (χ2v) is 6.04. The average molecular weight is 398 g/mol. The maximum Gasteiger partial charge on any atom is 0.282 e. The van der Waals surface area contributed by atoms with Crippen LogP contribution in [0.1, 0.15) is 22.5 Å². The molecule has 27 heavy (non-hydrogen) atoms. The summed E-state index contributed by atoms with van der Waals surface area (Å²) in [5, 5.41) is 5.22. The Labute approximate surface area is 156 Å². The van der Waals surface area contributed by atoms with E-state index >= 15 is 0 Å². The SMILES string of the molecule is Cn1cc(C(=O)Nc2c(-c3ccccc3)cc(Cl)c(F)c2F)c(C(F)F)n1. The molecule has 0 aliphatic rings. The molecule has 2 aromatic carbocycles. The molecule has 3 aromatic rings. The van der Waals surface area contributed by atoms with Crippen LogP contribution in [0, 0.1) is 11.6 Å². The van der Waals surface area contributed by atoms with Gasteiger partial charge in [0.1, 0.15) is 5.69 Å². The number of anilines is 1. The van der Waals surface area contributed by atoms with Crippen LogP contribution in [0.2, 0.25) is 5.02 Å². The van der Waals surface area contributed by atoms with E-state index in [-0.39, 0.29) is 5.56 Å². The summed E-state index contributed by atoms with van der Waals surface area (Å²) in [6.45, 7) is 0. The number of carbonyl (C=O) groups is 1. The zero-order valence-corrected chi connectivity index (χ0v) is 14.6. The second kappa shape index (κ2) is 7.40. The van der Waals surface area contributed by atoms with Gasteiger partial charge in [0.05, 0.1) is 16.3 Å². The van der Waals surface area contributed by atoms with Crippen molar-refractivity contribution < 1.29 is 22.4 Å². The topological polar surface area (TPSA) is 46.9 Å². The number of carbonyl (C=O) groups excluding carboxylic acids is 1. The molecular weight excluding hydrogens is 386 g/mol. The molecule has 9 heteroatoms. The molecule has 0 fully saturated rings. The third-order valence-corrected chi connectivity index (χ3v) is 4.07. The Morgan fingerprint density at radius 3 is 2.48 bits per heavy atom. The third-order valence-electron chi connectivity index (χ3n) is 3.79. The van der Waals surface area contributed by atoms with Crippen molar-refractivity contribution in [2.45, 2.75) is 6.43 Å². The Bertz CT molecular complexity index is 1010. The molecule has 0 spiro atoms. The predicted molar refractivity (Wildman–Crippen MR) is 92.9 cm³/mol. The van der Waals surface area contributed by atoms with Gasteiger partial charge in [-0.1, -0.05) is 41.9 Å². The third kappa shape index (κ3) is 3.66. The number of nitrogens with zero attached hydrogens (tertiary/aromatic N) is 2. The molecule has 1 aromatic heterocycles. The van der Waals surface area contributed by atoms with Crippen LogP contribution in [0.3, 0.4) is 0 Å². The second-order valence-electron chi connectivity index (χ2n) is 5.63. The van der Waals surface area contributed by atoms with Crippen LogP contribution < -0.4 is 5.32 Å². The fourth-order valence-electron chi connectivity index (χ4n) is 2.59. The van der Waals surface area contributed by atoms with Gasteiger partial charge in [-0.3, -0.25) is 9.48 Å². The fraction of sp³-hybridized carbons (Fsp3) is 0.111. The van der Waals surface area contributed by atoms with E-state index in [1.54, 1.807) is 30.3 Å². The summed E-state index contributed by atoms with van der Waals surface area (Å²) in [7, 11) is 1.36. The number of hydrogen-bond acceptors (Lipinski definition) is 2. The summed E-state index contributed by atoms with van der Waals surface area (Å²) >= 11 is 5.72. The van der Waals surface area contributed by atoms with E-state index < -0.39 is 45.9 Å². The molecule has 140 valence electrons. The summed E-state index contributed by atoms with van der Waals surface area (Å²) in [6, 6.07) is 9.40. The summed E-state index contributed by atoms with van der Waals surface area (Å²) in [5.41, 5.74) is -1.14. The first-order chi connectivity index (χ1) is 12.8. The minimum atomic E-state index is -3.01. The number of hydrogen-bond donors (Lipinski definition) is 1. The quantitative estimate of drug-likeness (QED) is 0.485. The van der Waals surface area contributed by atoms with Crippen molar-refractivity contribution in [1.29, 1.82) is 0 Å². The average Bonchev–Trinajstić information content (AvgIpc) is 3.05. The van der Waals surface area contributed by atoms with Crippen molar-refractivity contribution in [3.8, 4) is 11.1 Å². The van der Waals surface area contributed by atoms with Crippen LogP contribution >= 0.6 is 11.6 Å². The highest BCUT2D eigenvalue weighted by Crippen LogP contribution is 2.36. The van der Waals surface area contributed by atoms with Crippen molar-refractivity contribution in [3.05, 3.63) is 70.5 Å². The first-order valence-electron chi connectivity index (χ1n) is 7.65. The largest absolute Gasteiger partial charge is 0.319 e. The molecule has 0 unspecified atom stereocenters. The molecule has 0 saturated carbocycles. The van der Waals surface area contributed by atoms with Crippen molar-refractivity contribution in [1.82, 2.24) is 9.78 Å². The summed E-state index contributed by atoms with van der Waals surface area (Å²) in [6.07, 6.45) is -1.93. The molecular formula is C18H12ClF4N3O. The minimum Gasteiger partial charge on any atom is -0.319 e. The smallest absolute Gasteiger partial charge is 0.282 e. The Morgan fingerprint density at radius 1 is 1.19 bits per heavy atom. The van der Waals surface area contributed by atoms with Crippen LogP contribution in [0.15, 0.2) is 42.6 Å². The number of nitrogens with one attached hydrogen (secondary N) is 1. The number of rotatable bonds is 4. The van der Waals surface area contributed by atoms with Crippen molar-refractivity contribution >= 4 is 23.2 Å². The summed E-state index contributed by atoms with van der Waals surface area (Å²) in [4.78, 5) is 12.5. The van der Waals surface area contributed by atoms with Gasteiger partial charge in [-0.25, -0.2) is 17.6 Å². The van der Waals surface area contributed by atoms with E-state index in [1.165, 1.54) is 7.05 Å². The van der Waals surface area contributed by atoms with Crippen molar-refractivity contribution in [2.75, 3.05) is 5.32 Å². The molecule has 3 rings (SSSR count). The zero-order valence-electron chi connectivity index (χ0n) is 13.8. The highest BCUT2D eigenvalue weighted by Gasteiger charge is 2.26. The minimum absolute atomic E-state index is 0.107. The molecule has 1 N–H and O–H groups in total. The molecule has 0 aliphatic heterocycles. The number of alkyl halides is 2. The van der Waals surface area contributed by atoms with Crippen LogP contribution in [0.5, 0.6) is 0 Å². The zero-order chi connectivity index (χ0) is 19.7. The molecule has 0 radical (unpaired) electrons. The molecule has 0 aliphatic carbocycles. The lowest BCUT2D eigenvalue weighted by Crippen LogP contribution is -2.16. The van der Waals surface area contributed by atoms with Gasteiger partial charge in [0, 0.05) is 18.8 Å². The van der Waals surface area contributed by atoms with Gasteiger partial charge in [0.25, 0.3) is 12.3 Å². The van der Waals surface area contributed by atoms with E-state index in [4.69, 9.17) is 11.6 Å². The predicted octanol–water partition coefficient (Wildman–Crippen LogP) is 5.21. The van der Waals surface area contributed by atoms with Gasteiger partial charge in [-0.2, -0.15) is 5.10 Å². The first kappa shape index (κ1) is 18.9. The van der Waals surface area contributed by atoms with Crippen LogP contribution in [0.4, 0.5) is 23.2 Å². The van der Waals surface area contributed by atoms with Gasteiger partial charge in [0.2, 0.25) is 0 Å². The number of amides is 1. The molecule has 0 saturated heterocycles. The van der Waals surface area contributed by atoms with Gasteiger partial charge in [0.15, 0.2) is 11.6 Å². The highest BCUT2D eigenvalue weighted by molar-refractivity contribution is 6.31. The van der Waals surface area contributed by atoms with E-state index in [0.717, 1.165) is 16.9 Å². The molecule has 0 atom stereocenters. The fourth-order valence-corrected chi connectivity index (χ4v) is 2.78. The Kier molecular flexibility index (Phi) is 5.18. The van der Waals surface area contributed by atoms with E-state index in [0.29, 0.717) is 5.56 Å². The Hall–Kier alpha value is -2.87. The van der Waals surface area contributed by atoms with Crippen molar-refractivity contribution in [3.63, 3.8) is 0 Å². The van der Waals surface area contributed by atoms with Gasteiger partial charge in [-0.15, -0.1) is 0 Å². The molecule has 1 amide bonds. The van der Waals surface area contributed by atoms with Gasteiger partial charge in [-0.05, 0) is 11.6 Å². The van der Waals surface area contributed by atoms with Crippen LogP contribution in [-0.4, -0.2) is 15.7 Å². The maximum atomic E-state index is 14.5. The van der Waals surface area contributed by atoms with E-state index in [9.17, 15) is 22.4 Å². The van der Waals surface area contributed by atoms with E-state index in [1.807, 2.05) is 0 Å².